The van der Waals surface area contributed by atoms with Crippen LogP contribution < -0.4 is 4.74 Å². The predicted molar refractivity (Wildman–Crippen MR) is 138 cm³/mol. The van der Waals surface area contributed by atoms with Crippen LogP contribution in [0.15, 0.2) is 54.6 Å². The Morgan fingerprint density at radius 2 is 1.69 bits per heavy atom. The normalized spacial score (nSPS) is 22.2. The molecule has 2 aliphatic rings. The Morgan fingerprint density at radius 3 is 2.37 bits per heavy atom. The van der Waals surface area contributed by atoms with Crippen molar-refractivity contribution in [3.05, 3.63) is 65.2 Å². The Kier molecular flexibility index (Phi) is 8.37. The van der Waals surface area contributed by atoms with Crippen LogP contribution in [0.2, 0.25) is 5.02 Å². The Bertz CT molecular complexity index is 1090. The summed E-state index contributed by atoms with van der Waals surface area (Å²) in [4.78, 5) is 17.5. The van der Waals surface area contributed by atoms with Gasteiger partial charge in [-0.25, -0.2) is 12.7 Å². The average Bonchev–Trinajstić information content (AvgIpc) is 2.85. The average molecular weight is 520 g/mol. The predicted octanol–water partition coefficient (Wildman–Crippen LogP) is 3.50. The number of benzene rings is 2. The van der Waals surface area contributed by atoms with Gasteiger partial charge in [-0.2, -0.15) is 0 Å². The second-order valence-electron chi connectivity index (χ2n) is 9.78. The minimum absolute atomic E-state index is 0.0473. The number of amides is 1. The molecule has 35 heavy (non-hydrogen) atoms. The molecule has 0 N–H and O–H groups in total. The van der Waals surface area contributed by atoms with Gasteiger partial charge >= 0.3 is 0 Å². The molecule has 7 nitrogen and oxygen atoms in total. The molecule has 2 aromatic rings. The molecule has 2 saturated heterocycles. The fraction of sp³-hybridized carbons (Fsp3) is 0.500. The van der Waals surface area contributed by atoms with Crippen molar-refractivity contribution in [2.45, 2.75) is 25.0 Å². The molecule has 2 fully saturated rings. The smallest absolute Gasteiger partial charge is 0.223 e. The third-order valence-electron chi connectivity index (χ3n) is 6.95. The molecule has 4 rings (SSSR count). The summed E-state index contributed by atoms with van der Waals surface area (Å²) in [5.41, 5.74) is 0.164. The van der Waals surface area contributed by atoms with Gasteiger partial charge in [0, 0.05) is 56.1 Å². The zero-order chi connectivity index (χ0) is 24.9. The molecule has 2 aromatic carbocycles. The SMILES string of the molecule is CN1CCN(C(=O)C[C@@]2(COc3ccc(Cl)cc3)CCCN(S(=O)(=O)Cc3ccccc3)C2)CC1. The number of hydrogen-bond acceptors (Lipinski definition) is 5. The minimum atomic E-state index is -3.54. The fourth-order valence-corrected chi connectivity index (χ4v) is 6.65. The molecule has 2 heterocycles. The number of piperidine rings is 1. The van der Waals surface area contributed by atoms with Gasteiger partial charge in [-0.05, 0) is 49.7 Å². The molecule has 1 amide bonds. The van der Waals surface area contributed by atoms with Crippen LogP contribution in [0.5, 0.6) is 5.75 Å². The molecule has 190 valence electrons. The van der Waals surface area contributed by atoms with Crippen molar-refractivity contribution < 1.29 is 17.9 Å². The van der Waals surface area contributed by atoms with Crippen LogP contribution in [0.3, 0.4) is 0 Å². The van der Waals surface area contributed by atoms with Gasteiger partial charge in [-0.3, -0.25) is 4.79 Å². The van der Waals surface area contributed by atoms with Gasteiger partial charge in [0.2, 0.25) is 15.9 Å². The maximum atomic E-state index is 13.3. The van der Waals surface area contributed by atoms with Gasteiger partial charge in [-0.1, -0.05) is 41.9 Å². The maximum Gasteiger partial charge on any atom is 0.223 e. The number of sulfonamides is 1. The maximum absolute atomic E-state index is 13.3. The quantitative estimate of drug-likeness (QED) is 0.534. The highest BCUT2D eigenvalue weighted by Crippen LogP contribution is 2.37. The van der Waals surface area contributed by atoms with E-state index in [0.29, 0.717) is 36.8 Å². The Balaban J connectivity index is 1.52. The molecule has 0 aromatic heterocycles. The summed E-state index contributed by atoms with van der Waals surface area (Å²) < 4.78 is 34.4. The summed E-state index contributed by atoms with van der Waals surface area (Å²) >= 11 is 6.01. The minimum Gasteiger partial charge on any atom is -0.493 e. The lowest BCUT2D eigenvalue weighted by atomic mass is 9.78. The summed E-state index contributed by atoms with van der Waals surface area (Å²) in [6.07, 6.45) is 1.69. The molecule has 1 atom stereocenters. The van der Waals surface area contributed by atoms with E-state index in [1.165, 1.54) is 0 Å². The Labute approximate surface area is 213 Å². The van der Waals surface area contributed by atoms with Crippen LogP contribution >= 0.6 is 11.6 Å². The molecule has 0 saturated carbocycles. The van der Waals surface area contributed by atoms with E-state index in [1.807, 2.05) is 35.2 Å². The van der Waals surface area contributed by atoms with Gasteiger partial charge < -0.3 is 14.5 Å². The zero-order valence-electron chi connectivity index (χ0n) is 20.2. The largest absolute Gasteiger partial charge is 0.493 e. The van der Waals surface area contributed by atoms with Crippen LogP contribution in [0, 0.1) is 5.41 Å². The Morgan fingerprint density at radius 1 is 1.00 bits per heavy atom. The van der Waals surface area contributed by atoms with E-state index in [9.17, 15) is 13.2 Å². The van der Waals surface area contributed by atoms with Gasteiger partial charge in [0.15, 0.2) is 0 Å². The highest BCUT2D eigenvalue weighted by atomic mass is 35.5. The van der Waals surface area contributed by atoms with E-state index >= 15 is 0 Å². The van der Waals surface area contributed by atoms with Crippen LogP contribution in [0.4, 0.5) is 0 Å². The third kappa shape index (κ3) is 6.97. The number of carbonyl (C=O) groups is 1. The van der Waals surface area contributed by atoms with Crippen molar-refractivity contribution in [1.82, 2.24) is 14.1 Å². The summed E-state index contributed by atoms with van der Waals surface area (Å²) in [7, 11) is -1.48. The Hall–Kier alpha value is -2.13. The molecule has 0 spiro atoms. The molecule has 0 aliphatic carbocycles. The van der Waals surface area contributed by atoms with Crippen molar-refractivity contribution in [2.75, 3.05) is 52.9 Å². The van der Waals surface area contributed by atoms with Crippen molar-refractivity contribution in [2.24, 2.45) is 5.41 Å². The third-order valence-corrected chi connectivity index (χ3v) is 9.00. The molecular formula is C26H34ClN3O4S. The van der Waals surface area contributed by atoms with E-state index < -0.39 is 15.4 Å². The monoisotopic (exact) mass is 519 g/mol. The van der Waals surface area contributed by atoms with Crippen molar-refractivity contribution in [1.29, 1.82) is 0 Å². The highest BCUT2D eigenvalue weighted by Gasteiger charge is 2.43. The standard InChI is InChI=1S/C26H34ClN3O4S/c1-28-14-16-29(17-15-28)25(31)18-26(21-34-24-10-8-23(27)9-11-24)12-5-13-30(20-26)35(32,33)19-22-6-3-2-4-7-22/h2-4,6-11H,5,12-21H2,1H3/t26-/m0/s1. The molecule has 2 aliphatic heterocycles. The number of nitrogens with zero attached hydrogens (tertiary/aromatic N) is 3. The molecule has 0 unspecified atom stereocenters. The summed E-state index contributed by atoms with van der Waals surface area (Å²) in [5.74, 6) is 0.680. The topological polar surface area (TPSA) is 70.2 Å². The lowest BCUT2D eigenvalue weighted by Crippen LogP contribution is -2.53. The first-order valence-corrected chi connectivity index (χ1v) is 14.1. The van der Waals surface area contributed by atoms with Crippen LogP contribution in [-0.4, -0.2) is 81.4 Å². The van der Waals surface area contributed by atoms with Gasteiger partial charge in [0.25, 0.3) is 0 Å². The second kappa shape index (κ2) is 11.3. The van der Waals surface area contributed by atoms with E-state index in [0.717, 1.165) is 25.1 Å². The van der Waals surface area contributed by atoms with Crippen molar-refractivity contribution in [3.63, 3.8) is 0 Å². The van der Waals surface area contributed by atoms with Crippen LogP contribution in [0.1, 0.15) is 24.8 Å². The lowest BCUT2D eigenvalue weighted by molar-refractivity contribution is -0.136. The molecule has 9 heteroatoms. The van der Waals surface area contributed by atoms with Crippen LogP contribution in [-0.2, 0) is 20.6 Å². The first kappa shape index (κ1) is 25.9. The van der Waals surface area contributed by atoms with Crippen molar-refractivity contribution in [3.8, 4) is 5.75 Å². The summed E-state index contributed by atoms with van der Waals surface area (Å²) in [6.45, 7) is 4.08. The highest BCUT2D eigenvalue weighted by molar-refractivity contribution is 7.88. The number of ether oxygens (including phenoxy) is 1. The van der Waals surface area contributed by atoms with E-state index in [4.69, 9.17) is 16.3 Å². The van der Waals surface area contributed by atoms with Gasteiger partial charge in [-0.15, -0.1) is 0 Å². The van der Waals surface area contributed by atoms with E-state index in [1.54, 1.807) is 28.6 Å². The summed E-state index contributed by atoms with van der Waals surface area (Å²) in [5, 5.41) is 0.619. The number of hydrogen-bond donors (Lipinski definition) is 0. The number of piperazine rings is 1. The number of likely N-dealkylation sites (N-methyl/N-ethyl adjacent to an activating group) is 1. The lowest BCUT2D eigenvalue weighted by Gasteiger charge is -2.43. The fourth-order valence-electron chi connectivity index (χ4n) is 4.85. The van der Waals surface area contributed by atoms with E-state index in [2.05, 4.69) is 11.9 Å². The number of rotatable bonds is 8. The van der Waals surface area contributed by atoms with Gasteiger partial charge in [0.05, 0.1) is 12.4 Å². The first-order chi connectivity index (χ1) is 16.7. The number of carbonyl (C=O) groups excluding carboxylic acids is 1. The number of halogens is 1. The van der Waals surface area contributed by atoms with Crippen molar-refractivity contribution >= 4 is 27.5 Å². The molecular weight excluding hydrogens is 486 g/mol. The molecule has 0 bridgehead atoms. The zero-order valence-corrected chi connectivity index (χ0v) is 21.8. The van der Waals surface area contributed by atoms with Gasteiger partial charge in [0.1, 0.15) is 5.75 Å². The molecule has 0 radical (unpaired) electrons. The van der Waals surface area contributed by atoms with Crippen LogP contribution in [0.25, 0.3) is 0 Å². The first-order valence-electron chi connectivity index (χ1n) is 12.1. The summed E-state index contributed by atoms with van der Waals surface area (Å²) in [6, 6.07) is 16.3. The second-order valence-corrected chi connectivity index (χ2v) is 12.2. The van der Waals surface area contributed by atoms with E-state index in [-0.39, 0.29) is 31.2 Å².